The summed E-state index contributed by atoms with van der Waals surface area (Å²) in [4.78, 5) is 20.1. The molecule has 0 aliphatic carbocycles. The molecule has 1 aliphatic rings. The van der Waals surface area contributed by atoms with Gasteiger partial charge in [-0.2, -0.15) is 4.98 Å². The number of thiophene rings is 1. The van der Waals surface area contributed by atoms with Crippen molar-refractivity contribution in [1.29, 1.82) is 0 Å². The van der Waals surface area contributed by atoms with Gasteiger partial charge in [0, 0.05) is 13.1 Å². The fourth-order valence-corrected chi connectivity index (χ4v) is 4.01. The molecule has 0 radical (unpaired) electrons. The Morgan fingerprint density at radius 1 is 1.32 bits per heavy atom. The highest BCUT2D eigenvalue weighted by Gasteiger charge is 2.26. The Kier molecular flexibility index (Phi) is 5.78. The van der Waals surface area contributed by atoms with Gasteiger partial charge in [0.1, 0.15) is 5.82 Å². The molecule has 0 bridgehead atoms. The minimum atomic E-state index is -0.277. The van der Waals surface area contributed by atoms with Crippen molar-refractivity contribution in [3.63, 3.8) is 0 Å². The van der Waals surface area contributed by atoms with Gasteiger partial charge in [0.05, 0.1) is 17.3 Å². The first-order valence-electron chi connectivity index (χ1n) is 9.28. The number of nitrogens with zero attached hydrogens (tertiary/aromatic N) is 3. The molecular weight excluding hydrogens is 379 g/mol. The Morgan fingerprint density at radius 2 is 2.18 bits per heavy atom. The van der Waals surface area contributed by atoms with Crippen molar-refractivity contribution < 1.29 is 13.7 Å². The molecule has 146 valence electrons. The van der Waals surface area contributed by atoms with E-state index in [-0.39, 0.29) is 17.6 Å². The maximum absolute atomic E-state index is 13.0. The second-order valence-electron chi connectivity index (χ2n) is 6.91. The first-order chi connectivity index (χ1) is 13.7. The summed E-state index contributed by atoms with van der Waals surface area (Å²) in [7, 11) is 0. The van der Waals surface area contributed by atoms with Gasteiger partial charge in [-0.15, -0.1) is 11.3 Å². The number of carbonyl (C=O) groups is 1. The summed E-state index contributed by atoms with van der Waals surface area (Å²) < 4.78 is 18.3. The van der Waals surface area contributed by atoms with Crippen LogP contribution < -0.4 is 5.32 Å². The van der Waals surface area contributed by atoms with Crippen LogP contribution in [0.2, 0.25) is 0 Å². The van der Waals surface area contributed by atoms with E-state index in [1.807, 2.05) is 17.5 Å². The van der Waals surface area contributed by atoms with Gasteiger partial charge in [-0.25, -0.2) is 4.39 Å². The molecule has 3 aromatic rings. The molecule has 2 aromatic heterocycles. The second kappa shape index (κ2) is 8.62. The molecular formula is C20H21FN4O2S. The van der Waals surface area contributed by atoms with E-state index in [4.69, 9.17) is 4.52 Å². The van der Waals surface area contributed by atoms with Crippen LogP contribution in [0.1, 0.15) is 24.3 Å². The molecule has 1 saturated heterocycles. The molecule has 0 spiro atoms. The van der Waals surface area contributed by atoms with E-state index < -0.39 is 0 Å². The minimum Gasteiger partial charge on any atom is -0.352 e. The smallest absolute Gasteiger partial charge is 0.241 e. The van der Waals surface area contributed by atoms with Crippen LogP contribution >= 0.6 is 11.3 Å². The first-order valence-corrected chi connectivity index (χ1v) is 10.2. The van der Waals surface area contributed by atoms with Crippen molar-refractivity contribution in [3.8, 4) is 10.7 Å². The predicted octanol–water partition coefficient (Wildman–Crippen LogP) is 3.47. The highest BCUT2D eigenvalue weighted by atomic mass is 32.1. The molecule has 1 atom stereocenters. The third-order valence-corrected chi connectivity index (χ3v) is 5.69. The van der Waals surface area contributed by atoms with E-state index in [9.17, 15) is 9.18 Å². The lowest BCUT2D eigenvalue weighted by molar-refractivity contribution is -0.127. The summed E-state index contributed by atoms with van der Waals surface area (Å²) in [5, 5.41) is 8.97. The largest absolute Gasteiger partial charge is 0.352 e. The number of aromatic nitrogens is 2. The zero-order valence-corrected chi connectivity index (χ0v) is 16.1. The van der Waals surface area contributed by atoms with E-state index in [1.165, 1.54) is 12.1 Å². The third kappa shape index (κ3) is 4.63. The number of amides is 1. The Hall–Kier alpha value is -2.58. The SMILES string of the molecule is O=C(NCc1ccc(F)cc1)C1CCCN(Cc2nc(-c3cccs3)no2)C1. The van der Waals surface area contributed by atoms with E-state index in [0.29, 0.717) is 31.3 Å². The quantitative estimate of drug-likeness (QED) is 0.686. The lowest BCUT2D eigenvalue weighted by Gasteiger charge is -2.30. The molecule has 8 heteroatoms. The maximum Gasteiger partial charge on any atom is 0.241 e. The molecule has 1 aromatic carbocycles. The standard InChI is InChI=1S/C20H21FN4O2S/c21-16-7-5-14(6-8-16)11-22-20(26)15-3-1-9-25(12-15)13-18-23-19(24-27-18)17-4-2-10-28-17/h2,4-8,10,15H,1,3,9,11-13H2,(H,22,26). The number of rotatable bonds is 6. The third-order valence-electron chi connectivity index (χ3n) is 4.82. The van der Waals surface area contributed by atoms with Crippen molar-refractivity contribution in [1.82, 2.24) is 20.4 Å². The maximum atomic E-state index is 13.0. The van der Waals surface area contributed by atoms with Crippen LogP contribution in [0.4, 0.5) is 4.39 Å². The number of carbonyl (C=O) groups excluding carboxylic acids is 1. The highest BCUT2D eigenvalue weighted by Crippen LogP contribution is 2.23. The van der Waals surface area contributed by atoms with Gasteiger partial charge >= 0.3 is 0 Å². The zero-order valence-electron chi connectivity index (χ0n) is 15.3. The Labute approximate surface area is 166 Å². The molecule has 28 heavy (non-hydrogen) atoms. The average molecular weight is 400 g/mol. The Morgan fingerprint density at radius 3 is 2.96 bits per heavy atom. The van der Waals surface area contributed by atoms with Crippen molar-refractivity contribution in [2.24, 2.45) is 5.92 Å². The average Bonchev–Trinajstić information content (AvgIpc) is 3.39. The summed E-state index contributed by atoms with van der Waals surface area (Å²) in [6.45, 7) is 2.51. The molecule has 3 heterocycles. The van der Waals surface area contributed by atoms with Crippen LogP contribution in [0.25, 0.3) is 10.7 Å². The number of nitrogens with one attached hydrogen (secondary N) is 1. The molecule has 1 unspecified atom stereocenters. The van der Waals surface area contributed by atoms with Crippen LogP contribution in [-0.4, -0.2) is 34.0 Å². The molecule has 4 rings (SSSR count). The van der Waals surface area contributed by atoms with Gasteiger partial charge < -0.3 is 9.84 Å². The summed E-state index contributed by atoms with van der Waals surface area (Å²) in [5.74, 6) is 0.848. The van der Waals surface area contributed by atoms with Crippen molar-refractivity contribution in [2.45, 2.75) is 25.9 Å². The molecule has 1 N–H and O–H groups in total. The summed E-state index contributed by atoms with van der Waals surface area (Å²) in [5.41, 5.74) is 0.884. The highest BCUT2D eigenvalue weighted by molar-refractivity contribution is 7.13. The number of hydrogen-bond acceptors (Lipinski definition) is 6. The molecule has 1 amide bonds. The minimum absolute atomic E-state index is 0.0267. The number of halogens is 1. The lowest BCUT2D eigenvalue weighted by atomic mass is 9.97. The molecule has 1 fully saturated rings. The fourth-order valence-electron chi connectivity index (χ4n) is 3.37. The van der Waals surface area contributed by atoms with Crippen molar-refractivity contribution >= 4 is 17.2 Å². The van der Waals surface area contributed by atoms with Crippen LogP contribution in [0.3, 0.4) is 0 Å². The van der Waals surface area contributed by atoms with Crippen LogP contribution in [0, 0.1) is 11.7 Å². The van der Waals surface area contributed by atoms with Crippen LogP contribution in [-0.2, 0) is 17.9 Å². The van der Waals surface area contributed by atoms with E-state index >= 15 is 0 Å². The normalized spacial score (nSPS) is 17.5. The van der Waals surface area contributed by atoms with Crippen molar-refractivity contribution in [2.75, 3.05) is 13.1 Å². The number of benzene rings is 1. The lowest BCUT2D eigenvalue weighted by Crippen LogP contribution is -2.42. The van der Waals surface area contributed by atoms with Gasteiger partial charge in [0.25, 0.3) is 0 Å². The monoisotopic (exact) mass is 400 g/mol. The summed E-state index contributed by atoms with van der Waals surface area (Å²) in [6, 6.07) is 10.1. The van der Waals surface area contributed by atoms with Gasteiger partial charge in [0.15, 0.2) is 0 Å². The van der Waals surface area contributed by atoms with E-state index in [1.54, 1.807) is 23.5 Å². The van der Waals surface area contributed by atoms with Gasteiger partial charge in [-0.05, 0) is 48.5 Å². The topological polar surface area (TPSA) is 71.3 Å². The van der Waals surface area contributed by atoms with Crippen molar-refractivity contribution in [3.05, 3.63) is 59.0 Å². The first kappa shape index (κ1) is 18.8. The summed E-state index contributed by atoms with van der Waals surface area (Å²) >= 11 is 1.57. The number of piperidine rings is 1. The Bertz CT molecular complexity index is 911. The van der Waals surface area contributed by atoms with Gasteiger partial charge in [0.2, 0.25) is 17.6 Å². The van der Waals surface area contributed by atoms with Gasteiger partial charge in [-0.1, -0.05) is 23.4 Å². The summed E-state index contributed by atoms with van der Waals surface area (Å²) in [6.07, 6.45) is 1.80. The molecule has 6 nitrogen and oxygen atoms in total. The predicted molar refractivity (Wildman–Crippen MR) is 104 cm³/mol. The van der Waals surface area contributed by atoms with E-state index in [0.717, 1.165) is 29.8 Å². The second-order valence-corrected chi connectivity index (χ2v) is 7.86. The number of likely N-dealkylation sites (tertiary alicyclic amines) is 1. The number of hydrogen-bond donors (Lipinski definition) is 1. The molecule has 0 saturated carbocycles. The van der Waals surface area contributed by atoms with Crippen LogP contribution in [0.5, 0.6) is 0 Å². The zero-order chi connectivity index (χ0) is 19.3. The van der Waals surface area contributed by atoms with Crippen LogP contribution in [0.15, 0.2) is 46.3 Å². The van der Waals surface area contributed by atoms with E-state index in [2.05, 4.69) is 20.4 Å². The fraction of sp³-hybridized carbons (Fsp3) is 0.350. The molecule has 1 aliphatic heterocycles. The van der Waals surface area contributed by atoms with Gasteiger partial charge in [-0.3, -0.25) is 9.69 Å². The Balaban J connectivity index is 1.30.